The maximum absolute atomic E-state index is 12.1. The fourth-order valence-electron chi connectivity index (χ4n) is 1.72. The Bertz CT molecular complexity index is 722. The number of carbonyl (C=O) groups excluding carboxylic acids is 1. The van der Waals surface area contributed by atoms with E-state index < -0.39 is 0 Å². The van der Waals surface area contributed by atoms with Crippen molar-refractivity contribution in [2.24, 2.45) is 0 Å². The number of allylic oxidation sites excluding steroid dienone is 1. The van der Waals surface area contributed by atoms with E-state index in [9.17, 15) is 4.79 Å². The van der Waals surface area contributed by atoms with E-state index in [0.717, 1.165) is 5.56 Å². The monoisotopic (exact) mass is 345 g/mol. The molecule has 0 saturated heterocycles. The van der Waals surface area contributed by atoms with Crippen LogP contribution in [0, 0.1) is 0 Å². The molecule has 2 aromatic rings. The lowest BCUT2D eigenvalue weighted by atomic mass is 10.1. The Kier molecular flexibility index (Phi) is 5.90. The van der Waals surface area contributed by atoms with Gasteiger partial charge in [-0.05, 0) is 60.3 Å². The second-order valence-electron chi connectivity index (χ2n) is 5.04. The van der Waals surface area contributed by atoms with Crippen LogP contribution in [-0.2, 0) is 0 Å². The molecule has 0 N–H and O–H groups in total. The minimum Gasteiger partial charge on any atom is -0.432 e. The molecule has 0 aromatic heterocycles. The van der Waals surface area contributed by atoms with Crippen LogP contribution in [0.5, 0.6) is 5.75 Å². The maximum atomic E-state index is 12.1. The number of ether oxygens (including phenoxy) is 1. The van der Waals surface area contributed by atoms with E-state index in [1.54, 1.807) is 47.4 Å². The molecule has 0 radical (unpaired) electrons. The van der Waals surface area contributed by atoms with E-state index in [4.69, 9.17) is 28.6 Å². The Balaban J connectivity index is 2.02. The molecule has 0 spiro atoms. The van der Waals surface area contributed by atoms with Crippen molar-refractivity contribution >= 4 is 40.9 Å². The van der Waals surface area contributed by atoms with E-state index in [2.05, 4.69) is 0 Å². The summed E-state index contributed by atoms with van der Waals surface area (Å²) in [5, 5.41) is 1.03. The van der Waals surface area contributed by atoms with E-state index in [1.807, 2.05) is 26.2 Å². The summed E-state index contributed by atoms with van der Waals surface area (Å²) in [7, 11) is 3.61. The zero-order valence-electron chi connectivity index (χ0n) is 12.8. The normalized spacial score (nSPS) is 10.6. The molecule has 0 aliphatic heterocycles. The summed E-state index contributed by atoms with van der Waals surface area (Å²) in [5.74, 6) is 0.517. The van der Waals surface area contributed by atoms with Crippen LogP contribution in [0.1, 0.15) is 15.9 Å². The SMILES string of the molecule is CN(C)C(=S)Oc1ccc(C(=O)C=Cc2ccc(Cl)cc2)cc1. The maximum Gasteiger partial charge on any atom is 0.264 e. The fourth-order valence-corrected chi connectivity index (χ4v) is 1.94. The Morgan fingerprint density at radius 1 is 1.09 bits per heavy atom. The molecule has 0 unspecified atom stereocenters. The lowest BCUT2D eigenvalue weighted by Gasteiger charge is -2.13. The molecule has 0 fully saturated rings. The molecule has 118 valence electrons. The van der Waals surface area contributed by atoms with Crippen LogP contribution in [0.15, 0.2) is 54.6 Å². The van der Waals surface area contributed by atoms with Gasteiger partial charge in [0.05, 0.1) is 0 Å². The van der Waals surface area contributed by atoms with Crippen molar-refractivity contribution < 1.29 is 9.53 Å². The van der Waals surface area contributed by atoms with Gasteiger partial charge in [0, 0.05) is 24.7 Å². The van der Waals surface area contributed by atoms with E-state index in [-0.39, 0.29) is 5.78 Å². The minimum atomic E-state index is -0.0818. The molecule has 2 rings (SSSR count). The molecule has 3 nitrogen and oxygen atoms in total. The summed E-state index contributed by atoms with van der Waals surface area (Å²) in [6, 6.07) is 14.1. The van der Waals surface area contributed by atoms with Gasteiger partial charge in [-0.3, -0.25) is 4.79 Å². The van der Waals surface area contributed by atoms with Gasteiger partial charge < -0.3 is 9.64 Å². The molecule has 0 saturated carbocycles. The highest BCUT2D eigenvalue weighted by atomic mass is 35.5. The minimum absolute atomic E-state index is 0.0818. The largest absolute Gasteiger partial charge is 0.432 e. The topological polar surface area (TPSA) is 29.5 Å². The van der Waals surface area contributed by atoms with Gasteiger partial charge >= 0.3 is 0 Å². The standard InChI is InChI=1S/C18H16ClNO2S/c1-20(2)18(23)22-16-10-6-14(7-11-16)17(21)12-5-13-3-8-15(19)9-4-13/h3-12H,1-2H3. The van der Waals surface area contributed by atoms with Crippen LogP contribution in [0.25, 0.3) is 6.08 Å². The third kappa shape index (κ3) is 5.20. The first-order valence-electron chi connectivity index (χ1n) is 6.93. The second kappa shape index (κ2) is 7.90. The van der Waals surface area contributed by atoms with Crippen LogP contribution in [0.3, 0.4) is 0 Å². The number of hydrogen-bond acceptors (Lipinski definition) is 3. The highest BCUT2D eigenvalue weighted by molar-refractivity contribution is 7.80. The molecular formula is C18H16ClNO2S. The van der Waals surface area contributed by atoms with Gasteiger partial charge in [-0.25, -0.2) is 0 Å². The summed E-state index contributed by atoms with van der Waals surface area (Å²) >= 11 is 10.9. The van der Waals surface area contributed by atoms with Crippen molar-refractivity contribution in [3.8, 4) is 5.75 Å². The van der Waals surface area contributed by atoms with Crippen LogP contribution in [0.2, 0.25) is 5.02 Å². The smallest absolute Gasteiger partial charge is 0.264 e. The number of hydrogen-bond donors (Lipinski definition) is 0. The summed E-state index contributed by atoms with van der Waals surface area (Å²) in [6.07, 6.45) is 3.29. The number of ketones is 1. The first kappa shape index (κ1) is 17.2. The van der Waals surface area contributed by atoms with Gasteiger partial charge in [-0.15, -0.1) is 0 Å². The van der Waals surface area contributed by atoms with Crippen LogP contribution < -0.4 is 4.74 Å². The number of thiocarbonyl (C=S) groups is 1. The summed E-state index contributed by atoms with van der Waals surface area (Å²) in [6.45, 7) is 0. The average molecular weight is 346 g/mol. The zero-order valence-corrected chi connectivity index (χ0v) is 14.4. The predicted molar refractivity (Wildman–Crippen MR) is 98.2 cm³/mol. The van der Waals surface area contributed by atoms with Crippen molar-refractivity contribution in [1.82, 2.24) is 4.90 Å². The number of rotatable bonds is 4. The first-order valence-corrected chi connectivity index (χ1v) is 7.71. The third-order valence-corrected chi connectivity index (χ3v) is 3.71. The van der Waals surface area contributed by atoms with Gasteiger partial charge in [-0.1, -0.05) is 29.8 Å². The fraction of sp³-hybridized carbons (Fsp3) is 0.111. The summed E-state index contributed by atoms with van der Waals surface area (Å²) in [5.41, 5.74) is 1.50. The van der Waals surface area contributed by atoms with Crippen molar-refractivity contribution in [1.29, 1.82) is 0 Å². The number of halogens is 1. The Morgan fingerprint density at radius 3 is 2.26 bits per heavy atom. The van der Waals surface area contributed by atoms with Crippen LogP contribution >= 0.6 is 23.8 Å². The number of carbonyl (C=O) groups is 1. The van der Waals surface area contributed by atoms with Gasteiger partial charge in [0.1, 0.15) is 5.75 Å². The molecule has 0 heterocycles. The van der Waals surface area contributed by atoms with Gasteiger partial charge in [0.2, 0.25) is 0 Å². The molecule has 0 bridgehead atoms. The molecule has 5 heteroatoms. The highest BCUT2D eigenvalue weighted by Crippen LogP contribution is 2.15. The molecule has 2 aromatic carbocycles. The number of benzene rings is 2. The Hall–Kier alpha value is -2.17. The van der Waals surface area contributed by atoms with E-state index in [1.165, 1.54) is 6.08 Å². The van der Waals surface area contributed by atoms with Gasteiger partial charge in [0.25, 0.3) is 5.17 Å². The average Bonchev–Trinajstić information content (AvgIpc) is 2.54. The predicted octanol–water partition coefficient (Wildman–Crippen LogP) is 4.46. The molecule has 0 aliphatic rings. The zero-order chi connectivity index (χ0) is 16.8. The Morgan fingerprint density at radius 2 is 1.70 bits per heavy atom. The van der Waals surface area contributed by atoms with Crippen LogP contribution in [-0.4, -0.2) is 30.0 Å². The second-order valence-corrected chi connectivity index (χ2v) is 5.82. The van der Waals surface area contributed by atoms with Crippen molar-refractivity contribution in [3.05, 3.63) is 70.8 Å². The summed E-state index contributed by atoms with van der Waals surface area (Å²) < 4.78 is 5.47. The molecule has 0 atom stereocenters. The highest BCUT2D eigenvalue weighted by Gasteiger charge is 2.05. The van der Waals surface area contributed by atoms with E-state index in [0.29, 0.717) is 21.5 Å². The quantitative estimate of drug-likeness (QED) is 0.465. The molecule has 23 heavy (non-hydrogen) atoms. The number of nitrogens with zero attached hydrogens (tertiary/aromatic N) is 1. The lowest BCUT2D eigenvalue weighted by molar-refractivity contribution is 0.104. The Labute approximate surface area is 146 Å². The summed E-state index contributed by atoms with van der Waals surface area (Å²) in [4.78, 5) is 13.8. The third-order valence-electron chi connectivity index (χ3n) is 3.01. The van der Waals surface area contributed by atoms with Gasteiger partial charge in [-0.2, -0.15) is 0 Å². The van der Waals surface area contributed by atoms with Gasteiger partial charge in [0.15, 0.2) is 5.78 Å². The first-order chi connectivity index (χ1) is 11.0. The molecule has 0 amide bonds. The van der Waals surface area contributed by atoms with Crippen molar-refractivity contribution in [2.75, 3.05) is 14.1 Å². The van der Waals surface area contributed by atoms with Crippen molar-refractivity contribution in [2.45, 2.75) is 0 Å². The van der Waals surface area contributed by atoms with Crippen molar-refractivity contribution in [3.63, 3.8) is 0 Å². The molecular weight excluding hydrogens is 330 g/mol. The van der Waals surface area contributed by atoms with E-state index >= 15 is 0 Å². The lowest BCUT2D eigenvalue weighted by Crippen LogP contribution is -2.24. The molecule has 0 aliphatic carbocycles. The van der Waals surface area contributed by atoms with Crippen LogP contribution in [0.4, 0.5) is 0 Å².